The Morgan fingerprint density at radius 2 is 1.87 bits per heavy atom. The van der Waals surface area contributed by atoms with Gasteiger partial charge in [-0.25, -0.2) is 8.42 Å². The minimum atomic E-state index is -3.84. The molecule has 0 saturated heterocycles. The van der Waals surface area contributed by atoms with E-state index in [1.54, 1.807) is 36.4 Å². The van der Waals surface area contributed by atoms with Crippen molar-refractivity contribution in [2.75, 3.05) is 30.2 Å². The summed E-state index contributed by atoms with van der Waals surface area (Å²) in [5, 5.41) is 3.05. The molecule has 0 atom stereocenters. The molecule has 0 bridgehead atoms. The summed E-state index contributed by atoms with van der Waals surface area (Å²) in [4.78, 5) is 12.1. The van der Waals surface area contributed by atoms with Gasteiger partial charge in [0.05, 0.1) is 11.1 Å². The molecule has 2 N–H and O–H groups in total. The minimum absolute atomic E-state index is 0.0180. The molecule has 31 heavy (non-hydrogen) atoms. The Kier molecular flexibility index (Phi) is 7.50. The fraction of sp³-hybridized carbons (Fsp3) is 0.381. The van der Waals surface area contributed by atoms with E-state index in [1.807, 2.05) is 13.8 Å². The van der Waals surface area contributed by atoms with Crippen molar-refractivity contribution in [2.45, 2.75) is 26.4 Å². The van der Waals surface area contributed by atoms with Gasteiger partial charge in [-0.05, 0) is 62.2 Å². The molecule has 10 heteroatoms. The standard InChI is InChI=1S/C21H25ClN2O6S/c1-14(2)30-17-5-3-16(4-6-17)24-31(26,27)13-20(25)23-8-7-15-11-18(22)21-19(12-15)28-9-10-29-21/h3-6,11-12,14,24H,7-10,13H2,1-2H3,(H,23,25). The fourth-order valence-electron chi connectivity index (χ4n) is 2.97. The Morgan fingerprint density at radius 1 is 1.16 bits per heavy atom. The number of rotatable bonds is 9. The van der Waals surface area contributed by atoms with Crippen LogP contribution >= 0.6 is 11.6 Å². The molecule has 8 nitrogen and oxygen atoms in total. The summed E-state index contributed by atoms with van der Waals surface area (Å²) in [6.45, 7) is 4.95. The van der Waals surface area contributed by atoms with Crippen LogP contribution in [0.2, 0.25) is 5.02 Å². The van der Waals surface area contributed by atoms with E-state index in [0.29, 0.717) is 47.6 Å². The van der Waals surface area contributed by atoms with Gasteiger partial charge >= 0.3 is 0 Å². The van der Waals surface area contributed by atoms with Gasteiger partial charge in [0, 0.05) is 12.2 Å². The first-order valence-electron chi connectivity index (χ1n) is 9.84. The highest BCUT2D eigenvalue weighted by molar-refractivity contribution is 7.93. The second-order valence-electron chi connectivity index (χ2n) is 7.25. The van der Waals surface area contributed by atoms with E-state index in [1.165, 1.54) is 0 Å². The van der Waals surface area contributed by atoms with E-state index in [0.717, 1.165) is 5.56 Å². The van der Waals surface area contributed by atoms with Crippen molar-refractivity contribution in [3.63, 3.8) is 0 Å². The maximum absolute atomic E-state index is 12.3. The van der Waals surface area contributed by atoms with E-state index < -0.39 is 21.7 Å². The number of nitrogens with one attached hydrogen (secondary N) is 2. The van der Waals surface area contributed by atoms with Gasteiger partial charge in [0.2, 0.25) is 15.9 Å². The lowest BCUT2D eigenvalue weighted by molar-refractivity contribution is -0.118. The summed E-state index contributed by atoms with van der Waals surface area (Å²) in [5.74, 6) is 0.434. The first-order chi connectivity index (χ1) is 14.7. The number of carbonyl (C=O) groups excluding carboxylic acids is 1. The van der Waals surface area contributed by atoms with Gasteiger partial charge in [0.15, 0.2) is 11.5 Å². The van der Waals surface area contributed by atoms with Gasteiger partial charge in [-0.15, -0.1) is 0 Å². The third kappa shape index (κ3) is 6.93. The Labute approximate surface area is 186 Å². The Bertz CT molecular complexity index is 1020. The molecule has 0 fully saturated rings. The smallest absolute Gasteiger partial charge is 0.241 e. The number of fused-ring (bicyclic) bond motifs is 1. The van der Waals surface area contributed by atoms with Crippen LogP contribution in [0.3, 0.4) is 0 Å². The summed E-state index contributed by atoms with van der Waals surface area (Å²) in [6.07, 6.45) is 0.483. The molecule has 0 spiro atoms. The van der Waals surface area contributed by atoms with E-state index in [-0.39, 0.29) is 12.6 Å². The highest BCUT2D eigenvalue weighted by atomic mass is 35.5. The highest BCUT2D eigenvalue weighted by Gasteiger charge is 2.18. The summed E-state index contributed by atoms with van der Waals surface area (Å²) in [6, 6.07) is 10.0. The summed E-state index contributed by atoms with van der Waals surface area (Å²) < 4.78 is 43.4. The number of amides is 1. The van der Waals surface area contributed by atoms with Crippen LogP contribution in [0, 0.1) is 0 Å². The number of benzene rings is 2. The number of sulfonamides is 1. The maximum atomic E-state index is 12.3. The van der Waals surface area contributed by atoms with Crippen molar-refractivity contribution in [1.82, 2.24) is 5.32 Å². The lowest BCUT2D eigenvalue weighted by Gasteiger charge is -2.20. The second kappa shape index (κ2) is 10.1. The molecule has 0 aromatic heterocycles. The van der Waals surface area contributed by atoms with E-state index in [4.69, 9.17) is 25.8 Å². The molecule has 0 radical (unpaired) electrons. The molecule has 3 rings (SSSR count). The van der Waals surface area contributed by atoms with Gasteiger partial charge < -0.3 is 19.5 Å². The number of carbonyl (C=O) groups is 1. The van der Waals surface area contributed by atoms with Crippen LogP contribution in [0.15, 0.2) is 36.4 Å². The molecule has 0 saturated carbocycles. The van der Waals surface area contributed by atoms with Gasteiger partial charge in [-0.2, -0.15) is 0 Å². The molecule has 2 aromatic rings. The molecule has 2 aromatic carbocycles. The SMILES string of the molecule is CC(C)Oc1ccc(NS(=O)(=O)CC(=O)NCCc2cc(Cl)c3c(c2)OCCO3)cc1. The zero-order valence-corrected chi connectivity index (χ0v) is 18.9. The largest absolute Gasteiger partial charge is 0.491 e. The van der Waals surface area contributed by atoms with Crippen LogP contribution in [0.25, 0.3) is 0 Å². The zero-order chi connectivity index (χ0) is 22.4. The molecule has 168 valence electrons. The number of hydrogen-bond acceptors (Lipinski definition) is 6. The number of anilines is 1. The van der Waals surface area contributed by atoms with Crippen molar-refractivity contribution in [3.05, 3.63) is 47.0 Å². The second-order valence-corrected chi connectivity index (χ2v) is 9.38. The predicted molar refractivity (Wildman–Crippen MR) is 119 cm³/mol. The third-order valence-corrected chi connectivity index (χ3v) is 5.68. The lowest BCUT2D eigenvalue weighted by Crippen LogP contribution is -2.34. The van der Waals surface area contributed by atoms with Crippen LogP contribution in [0.4, 0.5) is 5.69 Å². The van der Waals surface area contributed by atoms with Crippen molar-refractivity contribution in [3.8, 4) is 17.2 Å². The van der Waals surface area contributed by atoms with Crippen molar-refractivity contribution in [1.29, 1.82) is 0 Å². The molecule has 0 unspecified atom stereocenters. The van der Waals surface area contributed by atoms with Gasteiger partial charge in [-0.1, -0.05) is 11.6 Å². The first-order valence-corrected chi connectivity index (χ1v) is 11.9. The average Bonchev–Trinajstić information content (AvgIpc) is 2.68. The zero-order valence-electron chi connectivity index (χ0n) is 17.3. The van der Waals surface area contributed by atoms with Crippen LogP contribution in [-0.2, 0) is 21.2 Å². The number of halogens is 1. The van der Waals surface area contributed by atoms with Crippen LogP contribution in [0.5, 0.6) is 17.2 Å². The molecular weight excluding hydrogens is 444 g/mol. The molecular formula is C21H25ClN2O6S. The van der Waals surface area contributed by atoms with Crippen molar-refractivity contribution >= 4 is 33.2 Å². The van der Waals surface area contributed by atoms with E-state index in [9.17, 15) is 13.2 Å². The van der Waals surface area contributed by atoms with Crippen LogP contribution in [-0.4, -0.2) is 45.9 Å². The fourth-order valence-corrected chi connectivity index (χ4v) is 4.27. The maximum Gasteiger partial charge on any atom is 0.241 e. The van der Waals surface area contributed by atoms with Crippen molar-refractivity contribution in [2.24, 2.45) is 0 Å². The highest BCUT2D eigenvalue weighted by Crippen LogP contribution is 2.38. The monoisotopic (exact) mass is 468 g/mol. The van der Waals surface area contributed by atoms with Gasteiger partial charge in [0.1, 0.15) is 24.7 Å². The lowest BCUT2D eigenvalue weighted by atomic mass is 10.1. The van der Waals surface area contributed by atoms with Gasteiger partial charge in [-0.3, -0.25) is 9.52 Å². The molecule has 1 aliphatic rings. The van der Waals surface area contributed by atoms with Crippen molar-refractivity contribution < 1.29 is 27.4 Å². The summed E-state index contributed by atoms with van der Waals surface area (Å²) in [7, 11) is -3.84. The number of hydrogen-bond donors (Lipinski definition) is 2. The molecule has 1 aliphatic heterocycles. The summed E-state index contributed by atoms with van der Waals surface area (Å²) in [5.41, 5.74) is 1.20. The normalized spacial score (nSPS) is 13.0. The van der Waals surface area contributed by atoms with E-state index >= 15 is 0 Å². The average molecular weight is 469 g/mol. The molecule has 1 heterocycles. The number of ether oxygens (including phenoxy) is 3. The molecule has 1 amide bonds. The summed E-state index contributed by atoms with van der Waals surface area (Å²) >= 11 is 6.20. The Balaban J connectivity index is 1.48. The molecule has 0 aliphatic carbocycles. The quantitative estimate of drug-likeness (QED) is 0.586. The van der Waals surface area contributed by atoms with Crippen LogP contribution < -0.4 is 24.2 Å². The van der Waals surface area contributed by atoms with E-state index in [2.05, 4.69) is 10.0 Å². The Morgan fingerprint density at radius 3 is 2.58 bits per heavy atom. The van der Waals surface area contributed by atoms with Crippen LogP contribution in [0.1, 0.15) is 19.4 Å². The predicted octanol–water partition coefficient (Wildman–Crippen LogP) is 3.00. The Hall–Kier alpha value is -2.65. The first kappa shape index (κ1) is 23.0. The van der Waals surface area contributed by atoms with Gasteiger partial charge in [0.25, 0.3) is 0 Å². The topological polar surface area (TPSA) is 103 Å². The third-order valence-electron chi connectivity index (χ3n) is 4.21. The minimum Gasteiger partial charge on any atom is -0.491 e.